The monoisotopic (exact) mass is 467 g/mol. The van der Waals surface area contributed by atoms with E-state index >= 15 is 0 Å². The van der Waals surface area contributed by atoms with Crippen LogP contribution in [-0.4, -0.2) is 52.5 Å². The van der Waals surface area contributed by atoms with E-state index in [0.717, 1.165) is 33.6 Å². The van der Waals surface area contributed by atoms with Gasteiger partial charge in [-0.25, -0.2) is 14.1 Å². The number of aliphatic imine (C=N–C) groups is 1. The summed E-state index contributed by atoms with van der Waals surface area (Å²) in [6.45, 7) is 4.57. The lowest BCUT2D eigenvalue weighted by Crippen LogP contribution is -2.53. The van der Waals surface area contributed by atoms with Crippen LogP contribution in [0.1, 0.15) is 18.5 Å². The van der Waals surface area contributed by atoms with Gasteiger partial charge >= 0.3 is 0 Å². The summed E-state index contributed by atoms with van der Waals surface area (Å²) < 4.78 is 15.2. The van der Waals surface area contributed by atoms with Gasteiger partial charge in [-0.05, 0) is 53.6 Å². The van der Waals surface area contributed by atoms with Crippen LogP contribution in [0.25, 0.3) is 10.8 Å². The SMILES string of the molecule is CC1=Nc2ccnn2C(c2ccc3ccccc3c2)C1C(=O)N1CCN(c2ccc(F)cc2)CC1. The third kappa shape index (κ3) is 3.87. The summed E-state index contributed by atoms with van der Waals surface area (Å²) in [5, 5.41) is 6.87. The van der Waals surface area contributed by atoms with Crippen LogP contribution in [0.15, 0.2) is 84.0 Å². The summed E-state index contributed by atoms with van der Waals surface area (Å²) in [5.74, 6) is 0.170. The second-order valence-electron chi connectivity index (χ2n) is 9.21. The molecule has 35 heavy (non-hydrogen) atoms. The molecule has 1 saturated heterocycles. The zero-order valence-corrected chi connectivity index (χ0v) is 19.5. The number of anilines is 1. The van der Waals surface area contributed by atoms with Crippen LogP contribution in [0.4, 0.5) is 15.9 Å². The molecule has 3 heterocycles. The number of carbonyl (C=O) groups excluding carboxylic acids is 1. The highest BCUT2D eigenvalue weighted by molar-refractivity contribution is 6.05. The number of benzene rings is 3. The molecule has 1 aromatic heterocycles. The van der Waals surface area contributed by atoms with Gasteiger partial charge in [-0.15, -0.1) is 0 Å². The number of rotatable bonds is 3. The Bertz CT molecular complexity index is 1420. The standard InChI is InChI=1S/C28H26FN5O/c1-19-26(28(35)33-16-14-32(15-17-33)24-10-8-23(29)9-11-24)27(34-25(31-19)12-13-30-34)22-7-6-20-4-2-3-5-21(20)18-22/h2-13,18,26-27H,14-17H2,1H3. The molecule has 1 fully saturated rings. The van der Waals surface area contributed by atoms with E-state index < -0.39 is 5.92 Å². The lowest BCUT2D eigenvalue weighted by atomic mass is 9.86. The summed E-state index contributed by atoms with van der Waals surface area (Å²) >= 11 is 0. The maximum absolute atomic E-state index is 14.0. The third-order valence-electron chi connectivity index (χ3n) is 7.13. The van der Waals surface area contributed by atoms with Crippen molar-refractivity contribution < 1.29 is 9.18 Å². The Morgan fingerprint density at radius 3 is 2.43 bits per heavy atom. The predicted octanol–water partition coefficient (Wildman–Crippen LogP) is 4.84. The van der Waals surface area contributed by atoms with Gasteiger partial charge in [-0.2, -0.15) is 5.10 Å². The Hall–Kier alpha value is -4.00. The lowest BCUT2D eigenvalue weighted by Gasteiger charge is -2.40. The van der Waals surface area contributed by atoms with Gasteiger partial charge in [0.25, 0.3) is 0 Å². The van der Waals surface area contributed by atoms with Gasteiger partial charge in [-0.3, -0.25) is 4.79 Å². The fourth-order valence-corrected chi connectivity index (χ4v) is 5.30. The number of fused-ring (bicyclic) bond motifs is 2. The fourth-order valence-electron chi connectivity index (χ4n) is 5.30. The van der Waals surface area contributed by atoms with Crippen LogP contribution in [0.3, 0.4) is 0 Å². The normalized spacial score (nSPS) is 20.0. The van der Waals surface area contributed by atoms with E-state index in [0.29, 0.717) is 26.2 Å². The van der Waals surface area contributed by atoms with E-state index in [1.165, 1.54) is 12.1 Å². The zero-order chi connectivity index (χ0) is 23.9. The summed E-state index contributed by atoms with van der Waals surface area (Å²) in [7, 11) is 0. The van der Waals surface area contributed by atoms with Crippen LogP contribution in [0.5, 0.6) is 0 Å². The van der Waals surface area contributed by atoms with Crippen LogP contribution in [0.2, 0.25) is 0 Å². The Kier molecular flexibility index (Phi) is 5.32. The smallest absolute Gasteiger partial charge is 0.234 e. The largest absolute Gasteiger partial charge is 0.368 e. The first-order valence-corrected chi connectivity index (χ1v) is 12.0. The van der Waals surface area contributed by atoms with Gasteiger partial charge in [0, 0.05) is 43.6 Å². The molecule has 6 rings (SSSR count). The number of halogens is 1. The molecule has 3 aromatic carbocycles. The summed E-state index contributed by atoms with van der Waals surface area (Å²) in [4.78, 5) is 22.8. The molecule has 7 heteroatoms. The second-order valence-corrected chi connectivity index (χ2v) is 9.21. The van der Waals surface area contributed by atoms with Crippen molar-refractivity contribution in [3.63, 3.8) is 0 Å². The summed E-state index contributed by atoms with van der Waals surface area (Å²) in [6.07, 6.45) is 1.74. The fraction of sp³-hybridized carbons (Fsp3) is 0.250. The first-order chi connectivity index (χ1) is 17.1. The van der Waals surface area contributed by atoms with Crippen molar-refractivity contribution in [3.8, 4) is 0 Å². The van der Waals surface area contributed by atoms with Crippen molar-refractivity contribution in [1.82, 2.24) is 14.7 Å². The van der Waals surface area contributed by atoms with E-state index in [9.17, 15) is 9.18 Å². The van der Waals surface area contributed by atoms with E-state index in [-0.39, 0.29) is 17.8 Å². The van der Waals surface area contributed by atoms with Gasteiger partial charge in [-0.1, -0.05) is 36.4 Å². The highest BCUT2D eigenvalue weighted by atomic mass is 19.1. The molecule has 0 radical (unpaired) electrons. The van der Waals surface area contributed by atoms with E-state index in [1.807, 2.05) is 34.7 Å². The lowest BCUT2D eigenvalue weighted by molar-refractivity contribution is -0.134. The van der Waals surface area contributed by atoms with Crippen LogP contribution < -0.4 is 4.90 Å². The molecule has 4 aromatic rings. The molecule has 0 bridgehead atoms. The molecule has 2 aliphatic heterocycles. The molecule has 0 spiro atoms. The molecule has 0 N–H and O–H groups in total. The number of carbonyl (C=O) groups is 1. The number of hydrogen-bond donors (Lipinski definition) is 0. The number of hydrogen-bond acceptors (Lipinski definition) is 4. The van der Waals surface area contributed by atoms with Gasteiger partial charge in [0.05, 0.1) is 12.2 Å². The molecule has 0 saturated carbocycles. The Balaban J connectivity index is 1.30. The van der Waals surface area contributed by atoms with Gasteiger partial charge in [0.2, 0.25) is 5.91 Å². The average molecular weight is 468 g/mol. The molecule has 6 nitrogen and oxygen atoms in total. The minimum Gasteiger partial charge on any atom is -0.368 e. The van der Waals surface area contributed by atoms with E-state index in [1.54, 1.807) is 18.3 Å². The predicted molar refractivity (Wildman–Crippen MR) is 136 cm³/mol. The van der Waals surface area contributed by atoms with E-state index in [2.05, 4.69) is 40.3 Å². The summed E-state index contributed by atoms with van der Waals surface area (Å²) in [5.41, 5.74) is 2.83. The van der Waals surface area contributed by atoms with Crippen molar-refractivity contribution in [2.24, 2.45) is 10.9 Å². The molecule has 2 atom stereocenters. The molecule has 2 aliphatic rings. The van der Waals surface area contributed by atoms with Crippen LogP contribution in [0, 0.1) is 11.7 Å². The van der Waals surface area contributed by atoms with Crippen molar-refractivity contribution in [1.29, 1.82) is 0 Å². The van der Waals surface area contributed by atoms with E-state index in [4.69, 9.17) is 4.99 Å². The molecule has 1 amide bonds. The van der Waals surface area contributed by atoms with Crippen molar-refractivity contribution in [2.45, 2.75) is 13.0 Å². The minimum absolute atomic E-state index is 0.0734. The number of piperazine rings is 1. The Morgan fingerprint density at radius 2 is 1.66 bits per heavy atom. The quantitative estimate of drug-likeness (QED) is 0.434. The first kappa shape index (κ1) is 21.5. The second kappa shape index (κ2) is 8.65. The first-order valence-electron chi connectivity index (χ1n) is 12.0. The number of amides is 1. The Morgan fingerprint density at radius 1 is 0.914 bits per heavy atom. The molecular weight excluding hydrogens is 441 g/mol. The van der Waals surface area contributed by atoms with Gasteiger partial charge < -0.3 is 9.80 Å². The zero-order valence-electron chi connectivity index (χ0n) is 19.5. The minimum atomic E-state index is -0.430. The molecule has 2 unspecified atom stereocenters. The maximum Gasteiger partial charge on any atom is 0.234 e. The van der Waals surface area contributed by atoms with Crippen molar-refractivity contribution >= 4 is 33.9 Å². The Labute approximate surface area is 203 Å². The van der Waals surface area contributed by atoms with Crippen molar-refractivity contribution in [2.75, 3.05) is 31.1 Å². The number of aromatic nitrogens is 2. The highest BCUT2D eigenvalue weighted by Crippen LogP contribution is 2.38. The average Bonchev–Trinajstić information content (AvgIpc) is 3.36. The topological polar surface area (TPSA) is 53.7 Å². The highest BCUT2D eigenvalue weighted by Gasteiger charge is 2.40. The van der Waals surface area contributed by atoms with Crippen molar-refractivity contribution in [3.05, 3.63) is 90.4 Å². The molecular formula is C28H26FN5O. The van der Waals surface area contributed by atoms with Gasteiger partial charge in [0.1, 0.15) is 11.7 Å². The van der Waals surface area contributed by atoms with Crippen LogP contribution in [-0.2, 0) is 4.79 Å². The molecule has 176 valence electrons. The summed E-state index contributed by atoms with van der Waals surface area (Å²) in [6, 6.07) is 22.8. The number of nitrogens with zero attached hydrogens (tertiary/aromatic N) is 5. The third-order valence-corrected chi connectivity index (χ3v) is 7.13. The van der Waals surface area contributed by atoms with Crippen LogP contribution >= 0.6 is 0 Å². The maximum atomic E-state index is 14.0. The molecule has 0 aliphatic carbocycles. The van der Waals surface area contributed by atoms with Gasteiger partial charge in [0.15, 0.2) is 5.82 Å².